The number of aromatic nitrogens is 3. The number of nitrogens with two attached hydrogens (primary N) is 1. The molecule has 0 fully saturated rings. The van der Waals surface area contributed by atoms with Crippen LogP contribution in [0.3, 0.4) is 0 Å². The van der Waals surface area contributed by atoms with Crippen molar-refractivity contribution in [3.63, 3.8) is 0 Å². The lowest BCUT2D eigenvalue weighted by Gasteiger charge is -2.07. The van der Waals surface area contributed by atoms with Crippen molar-refractivity contribution in [2.75, 3.05) is 16.9 Å². The Morgan fingerprint density at radius 2 is 1.93 bits per heavy atom. The van der Waals surface area contributed by atoms with E-state index in [0.29, 0.717) is 15.6 Å². The number of amides is 3. The smallest absolute Gasteiger partial charge is 0.325 e. The summed E-state index contributed by atoms with van der Waals surface area (Å²) in [6.45, 7) is 0. The second-order valence-corrected chi connectivity index (χ2v) is 7.36. The van der Waals surface area contributed by atoms with Crippen LogP contribution in [0.25, 0.3) is 11.4 Å². The van der Waals surface area contributed by atoms with Gasteiger partial charge >= 0.3 is 6.03 Å². The molecule has 0 spiro atoms. The highest BCUT2D eigenvalue weighted by Crippen LogP contribution is 2.30. The Hall–Kier alpha value is -2.82. The van der Waals surface area contributed by atoms with Crippen LogP contribution in [-0.4, -0.2) is 32.6 Å². The Labute approximate surface area is 178 Å². The molecule has 0 radical (unpaired) electrons. The number of carbonyl (C=O) groups is 2. The average molecular weight is 455 g/mol. The van der Waals surface area contributed by atoms with Crippen molar-refractivity contribution in [1.29, 1.82) is 0 Å². The van der Waals surface area contributed by atoms with E-state index in [1.807, 2.05) is 0 Å². The predicted octanol–water partition coefficient (Wildman–Crippen LogP) is 3.55. The van der Waals surface area contributed by atoms with E-state index >= 15 is 0 Å². The molecule has 2 aromatic carbocycles. The maximum Gasteiger partial charge on any atom is 0.325 e. The SMILES string of the molecule is Nn1c(SCC(=O)NC(=O)Nc2ccccc2F)nnc1-c1cc(Cl)ccc1Cl. The molecule has 1 aromatic heterocycles. The van der Waals surface area contributed by atoms with Crippen molar-refractivity contribution in [1.82, 2.24) is 20.2 Å². The van der Waals surface area contributed by atoms with Crippen LogP contribution in [-0.2, 0) is 4.79 Å². The maximum atomic E-state index is 13.5. The summed E-state index contributed by atoms with van der Waals surface area (Å²) in [4.78, 5) is 23.8. The molecule has 150 valence electrons. The van der Waals surface area contributed by atoms with Crippen LogP contribution >= 0.6 is 35.0 Å². The van der Waals surface area contributed by atoms with E-state index in [1.54, 1.807) is 24.3 Å². The number of nitrogens with zero attached hydrogens (tertiary/aromatic N) is 3. The number of thioether (sulfide) groups is 1. The van der Waals surface area contributed by atoms with Gasteiger partial charge in [0, 0.05) is 10.6 Å². The summed E-state index contributed by atoms with van der Waals surface area (Å²) in [6, 6.07) is 9.53. The van der Waals surface area contributed by atoms with Gasteiger partial charge in [0.1, 0.15) is 5.82 Å². The van der Waals surface area contributed by atoms with Crippen molar-refractivity contribution in [2.45, 2.75) is 5.16 Å². The largest absolute Gasteiger partial charge is 0.335 e. The van der Waals surface area contributed by atoms with Crippen molar-refractivity contribution < 1.29 is 14.0 Å². The predicted molar refractivity (Wildman–Crippen MR) is 110 cm³/mol. The van der Waals surface area contributed by atoms with Gasteiger partial charge in [0.2, 0.25) is 11.1 Å². The number of halogens is 3. The summed E-state index contributed by atoms with van der Waals surface area (Å²) in [7, 11) is 0. The average Bonchev–Trinajstić information content (AvgIpc) is 3.04. The molecular weight excluding hydrogens is 442 g/mol. The molecule has 0 aliphatic carbocycles. The Balaban J connectivity index is 1.59. The molecule has 3 amide bonds. The molecule has 0 saturated carbocycles. The van der Waals surface area contributed by atoms with Crippen LogP contribution < -0.4 is 16.5 Å². The van der Waals surface area contributed by atoms with Gasteiger partial charge in [-0.05, 0) is 30.3 Å². The number of imide groups is 1. The van der Waals surface area contributed by atoms with Crippen molar-refractivity contribution >= 4 is 52.6 Å². The van der Waals surface area contributed by atoms with Crippen LogP contribution in [0.1, 0.15) is 0 Å². The molecule has 4 N–H and O–H groups in total. The second-order valence-electron chi connectivity index (χ2n) is 5.57. The molecule has 0 bridgehead atoms. The van der Waals surface area contributed by atoms with E-state index in [2.05, 4.69) is 20.8 Å². The topological polar surface area (TPSA) is 115 Å². The maximum absolute atomic E-state index is 13.5. The Bertz CT molecular complexity index is 1080. The minimum atomic E-state index is -0.860. The minimum absolute atomic E-state index is 0.0461. The van der Waals surface area contributed by atoms with Gasteiger partial charge in [-0.1, -0.05) is 47.1 Å². The summed E-state index contributed by atoms with van der Waals surface area (Å²) in [6.07, 6.45) is 0. The van der Waals surface area contributed by atoms with E-state index in [9.17, 15) is 14.0 Å². The molecule has 3 aromatic rings. The molecule has 0 atom stereocenters. The van der Waals surface area contributed by atoms with Gasteiger partial charge in [-0.25, -0.2) is 13.9 Å². The third-order valence-electron chi connectivity index (χ3n) is 3.54. The Kier molecular flexibility index (Phi) is 6.57. The summed E-state index contributed by atoms with van der Waals surface area (Å²) >= 11 is 13.1. The van der Waals surface area contributed by atoms with Crippen LogP contribution in [0.2, 0.25) is 10.0 Å². The Morgan fingerprint density at radius 3 is 2.69 bits per heavy atom. The lowest BCUT2D eigenvalue weighted by atomic mass is 10.2. The van der Waals surface area contributed by atoms with E-state index in [1.165, 1.54) is 18.2 Å². The number of urea groups is 1. The highest BCUT2D eigenvalue weighted by Gasteiger charge is 2.17. The molecule has 0 aliphatic rings. The Morgan fingerprint density at radius 1 is 1.17 bits per heavy atom. The lowest BCUT2D eigenvalue weighted by Crippen LogP contribution is -2.35. The molecule has 0 unspecified atom stereocenters. The van der Waals surface area contributed by atoms with Crippen LogP contribution in [0, 0.1) is 5.82 Å². The molecule has 0 saturated heterocycles. The fraction of sp³-hybridized carbons (Fsp3) is 0.0588. The first-order valence-electron chi connectivity index (χ1n) is 7.99. The molecule has 0 aliphatic heterocycles. The molecule has 3 rings (SSSR count). The van der Waals surface area contributed by atoms with Gasteiger partial charge in [-0.2, -0.15) is 0 Å². The molecule has 12 heteroatoms. The quantitative estimate of drug-likeness (QED) is 0.401. The molecule has 8 nitrogen and oxygen atoms in total. The second kappa shape index (κ2) is 9.12. The van der Waals surface area contributed by atoms with Crippen molar-refractivity contribution in [2.24, 2.45) is 0 Å². The fourth-order valence-corrected chi connectivity index (χ4v) is 3.27. The number of anilines is 1. The first-order chi connectivity index (χ1) is 13.8. The van der Waals surface area contributed by atoms with Gasteiger partial charge in [0.15, 0.2) is 5.82 Å². The zero-order valence-electron chi connectivity index (χ0n) is 14.5. The van der Waals surface area contributed by atoms with Crippen molar-refractivity contribution in [3.05, 3.63) is 58.3 Å². The van der Waals surface area contributed by atoms with Gasteiger partial charge in [-0.15, -0.1) is 10.2 Å². The summed E-state index contributed by atoms with van der Waals surface area (Å²) in [5.41, 5.74) is 0.435. The number of hydrogen-bond donors (Lipinski definition) is 3. The van der Waals surface area contributed by atoms with Gasteiger partial charge in [-0.3, -0.25) is 10.1 Å². The highest BCUT2D eigenvalue weighted by molar-refractivity contribution is 7.99. The third kappa shape index (κ3) is 5.17. The van der Waals surface area contributed by atoms with E-state index in [0.717, 1.165) is 16.4 Å². The minimum Gasteiger partial charge on any atom is -0.335 e. The van der Waals surface area contributed by atoms with E-state index in [4.69, 9.17) is 29.0 Å². The zero-order chi connectivity index (χ0) is 21.0. The molecule has 29 heavy (non-hydrogen) atoms. The number of hydrogen-bond acceptors (Lipinski definition) is 6. The van der Waals surface area contributed by atoms with E-state index < -0.39 is 17.8 Å². The zero-order valence-corrected chi connectivity index (χ0v) is 16.9. The number of para-hydroxylation sites is 1. The van der Waals surface area contributed by atoms with Gasteiger partial charge in [0.05, 0.1) is 16.5 Å². The highest BCUT2D eigenvalue weighted by atomic mass is 35.5. The summed E-state index contributed by atoms with van der Waals surface area (Å²) in [5.74, 6) is 4.81. The van der Waals surface area contributed by atoms with Gasteiger partial charge in [0.25, 0.3) is 0 Å². The van der Waals surface area contributed by atoms with Crippen LogP contribution in [0.5, 0.6) is 0 Å². The first kappa shape index (κ1) is 20.9. The number of nitrogens with one attached hydrogen (secondary N) is 2. The molecular formula is C17H13Cl2FN6O2S. The molecule has 1 heterocycles. The normalized spacial score (nSPS) is 10.6. The monoisotopic (exact) mass is 454 g/mol. The standard InChI is InChI=1S/C17H13Cl2FN6O2S/c18-9-5-6-11(19)10(7-9)15-24-25-17(26(15)21)29-8-14(27)23-16(28)22-13-4-2-1-3-12(13)20/h1-7H,8,21H2,(H2,22,23,27,28). The summed E-state index contributed by atoms with van der Waals surface area (Å²) in [5, 5.41) is 13.3. The van der Waals surface area contributed by atoms with Crippen LogP contribution in [0.4, 0.5) is 14.9 Å². The fourth-order valence-electron chi connectivity index (χ4n) is 2.24. The third-order valence-corrected chi connectivity index (χ3v) is 5.05. The summed E-state index contributed by atoms with van der Waals surface area (Å²) < 4.78 is 14.7. The number of nitrogen functional groups attached to an aromatic ring is 1. The number of benzene rings is 2. The number of rotatable bonds is 5. The van der Waals surface area contributed by atoms with Crippen LogP contribution in [0.15, 0.2) is 47.6 Å². The first-order valence-corrected chi connectivity index (χ1v) is 9.73. The van der Waals surface area contributed by atoms with E-state index in [-0.39, 0.29) is 22.4 Å². The number of carbonyl (C=O) groups excluding carboxylic acids is 2. The van der Waals surface area contributed by atoms with Crippen molar-refractivity contribution in [3.8, 4) is 11.4 Å². The van der Waals surface area contributed by atoms with Gasteiger partial charge < -0.3 is 11.2 Å². The lowest BCUT2D eigenvalue weighted by molar-refractivity contribution is -0.117.